The summed E-state index contributed by atoms with van der Waals surface area (Å²) >= 11 is 0. The Bertz CT molecular complexity index is 929. The Morgan fingerprint density at radius 3 is 2.68 bits per heavy atom. The van der Waals surface area contributed by atoms with Crippen molar-refractivity contribution in [2.45, 2.75) is 39.2 Å². The zero-order valence-corrected chi connectivity index (χ0v) is 13.2. The Balaban J connectivity index is 2.26. The van der Waals surface area contributed by atoms with E-state index in [1.165, 1.54) is 11.1 Å². The van der Waals surface area contributed by atoms with Gasteiger partial charge in [0, 0.05) is 23.7 Å². The van der Waals surface area contributed by atoms with Gasteiger partial charge in [-0.1, -0.05) is 32.9 Å². The number of hydrogen-bond donors (Lipinski definition) is 2. The highest BCUT2D eigenvalue weighted by molar-refractivity contribution is 5.82. The molecule has 0 spiro atoms. The molecule has 4 rings (SSSR count). The van der Waals surface area contributed by atoms with E-state index in [0.29, 0.717) is 12.0 Å². The van der Waals surface area contributed by atoms with Crippen molar-refractivity contribution in [2.75, 3.05) is 6.54 Å². The SMILES string of the molecule is CCc1c(C(C)C)c(C2CN2)c2[nH]c3ccccc3n2c1=O. The van der Waals surface area contributed by atoms with Gasteiger partial charge in [0.1, 0.15) is 5.65 Å². The summed E-state index contributed by atoms with van der Waals surface area (Å²) in [6, 6.07) is 8.40. The number of rotatable bonds is 3. The molecule has 0 aliphatic carbocycles. The summed E-state index contributed by atoms with van der Waals surface area (Å²) in [4.78, 5) is 16.6. The maximum atomic E-state index is 13.1. The van der Waals surface area contributed by atoms with E-state index in [-0.39, 0.29) is 5.56 Å². The monoisotopic (exact) mass is 295 g/mol. The number of aromatic amines is 1. The molecule has 1 unspecified atom stereocenters. The number of pyridine rings is 1. The number of H-pyrrole nitrogens is 1. The van der Waals surface area contributed by atoms with Crippen LogP contribution in [0.2, 0.25) is 0 Å². The van der Waals surface area contributed by atoms with Crippen LogP contribution >= 0.6 is 0 Å². The van der Waals surface area contributed by atoms with Crippen LogP contribution in [0.25, 0.3) is 16.7 Å². The van der Waals surface area contributed by atoms with Gasteiger partial charge in [0.25, 0.3) is 5.56 Å². The Morgan fingerprint density at radius 2 is 2.05 bits per heavy atom. The summed E-state index contributed by atoms with van der Waals surface area (Å²) < 4.78 is 1.87. The zero-order valence-electron chi connectivity index (χ0n) is 13.2. The van der Waals surface area contributed by atoms with Gasteiger partial charge in [0.2, 0.25) is 0 Å². The van der Waals surface area contributed by atoms with E-state index >= 15 is 0 Å². The Hall–Kier alpha value is -2.07. The third kappa shape index (κ3) is 1.77. The molecule has 2 aromatic heterocycles. The molecule has 4 heteroatoms. The number of nitrogens with zero attached hydrogens (tertiary/aromatic N) is 1. The smallest absolute Gasteiger partial charge is 0.260 e. The third-order valence-corrected chi connectivity index (χ3v) is 4.64. The van der Waals surface area contributed by atoms with Crippen LogP contribution < -0.4 is 10.9 Å². The molecule has 4 nitrogen and oxygen atoms in total. The van der Waals surface area contributed by atoms with Crippen molar-refractivity contribution in [1.29, 1.82) is 0 Å². The van der Waals surface area contributed by atoms with E-state index in [1.807, 2.05) is 28.7 Å². The molecule has 0 bridgehead atoms. The molecular weight excluding hydrogens is 274 g/mol. The highest BCUT2D eigenvalue weighted by Crippen LogP contribution is 2.35. The predicted octanol–water partition coefficient (Wildman–Crippen LogP) is 3.11. The van der Waals surface area contributed by atoms with Gasteiger partial charge in [0.15, 0.2) is 0 Å². The second kappa shape index (κ2) is 4.71. The quantitative estimate of drug-likeness (QED) is 0.729. The fourth-order valence-electron chi connectivity index (χ4n) is 3.63. The number of nitrogens with one attached hydrogen (secondary N) is 2. The molecule has 3 heterocycles. The van der Waals surface area contributed by atoms with Crippen LogP contribution in [0, 0.1) is 0 Å². The molecule has 1 aliphatic rings. The molecule has 0 amide bonds. The van der Waals surface area contributed by atoms with E-state index in [1.54, 1.807) is 0 Å². The number of hydrogen-bond acceptors (Lipinski definition) is 2. The summed E-state index contributed by atoms with van der Waals surface area (Å²) in [6.45, 7) is 7.43. The topological polar surface area (TPSA) is 59.2 Å². The van der Waals surface area contributed by atoms with Crippen molar-refractivity contribution in [2.24, 2.45) is 0 Å². The minimum absolute atomic E-state index is 0.128. The van der Waals surface area contributed by atoms with Gasteiger partial charge in [-0.05, 0) is 30.0 Å². The van der Waals surface area contributed by atoms with Crippen LogP contribution in [-0.2, 0) is 6.42 Å². The first-order valence-electron chi connectivity index (χ1n) is 8.05. The number of benzene rings is 1. The van der Waals surface area contributed by atoms with Gasteiger partial charge in [0.05, 0.1) is 11.0 Å². The second-order valence-corrected chi connectivity index (χ2v) is 6.41. The maximum absolute atomic E-state index is 13.1. The summed E-state index contributed by atoms with van der Waals surface area (Å²) in [5.41, 5.74) is 6.54. The number of imidazole rings is 1. The summed E-state index contributed by atoms with van der Waals surface area (Å²) in [6.07, 6.45) is 0.772. The van der Waals surface area contributed by atoms with Gasteiger partial charge in [-0.25, -0.2) is 0 Å². The van der Waals surface area contributed by atoms with Crippen LogP contribution in [0.15, 0.2) is 29.1 Å². The summed E-state index contributed by atoms with van der Waals surface area (Å²) in [7, 11) is 0. The zero-order chi connectivity index (χ0) is 15.4. The van der Waals surface area contributed by atoms with Crippen LogP contribution in [0.5, 0.6) is 0 Å². The average Bonchev–Trinajstić information content (AvgIpc) is 3.26. The van der Waals surface area contributed by atoms with E-state index in [0.717, 1.165) is 35.2 Å². The lowest BCUT2D eigenvalue weighted by molar-refractivity contribution is 0.803. The molecule has 22 heavy (non-hydrogen) atoms. The molecule has 1 aliphatic heterocycles. The number of aromatic nitrogens is 2. The largest absolute Gasteiger partial charge is 0.339 e. The first-order valence-corrected chi connectivity index (χ1v) is 8.05. The number of fused-ring (bicyclic) bond motifs is 3. The third-order valence-electron chi connectivity index (χ3n) is 4.64. The average molecular weight is 295 g/mol. The van der Waals surface area contributed by atoms with E-state index in [9.17, 15) is 4.79 Å². The molecule has 1 saturated heterocycles. The van der Waals surface area contributed by atoms with Gasteiger partial charge in [-0.3, -0.25) is 9.20 Å². The maximum Gasteiger partial charge on any atom is 0.260 e. The molecular formula is C18H21N3O. The van der Waals surface area contributed by atoms with Gasteiger partial charge >= 0.3 is 0 Å². The Labute approximate surface area is 129 Å². The molecule has 1 fully saturated rings. The number of para-hydroxylation sites is 2. The van der Waals surface area contributed by atoms with Crippen molar-refractivity contribution < 1.29 is 0 Å². The van der Waals surface area contributed by atoms with Crippen LogP contribution in [0.1, 0.15) is 49.4 Å². The van der Waals surface area contributed by atoms with Crippen LogP contribution in [0.3, 0.4) is 0 Å². The Kier molecular flexibility index (Phi) is 2.91. The lowest BCUT2D eigenvalue weighted by atomic mass is 9.90. The van der Waals surface area contributed by atoms with Gasteiger partial charge in [-0.15, -0.1) is 0 Å². The van der Waals surface area contributed by atoms with Gasteiger partial charge < -0.3 is 10.3 Å². The van der Waals surface area contributed by atoms with Crippen LogP contribution in [-0.4, -0.2) is 15.9 Å². The molecule has 0 radical (unpaired) electrons. The molecule has 1 atom stereocenters. The summed E-state index contributed by atoms with van der Waals surface area (Å²) in [5, 5.41) is 3.42. The van der Waals surface area contributed by atoms with Crippen molar-refractivity contribution >= 4 is 16.7 Å². The molecule has 114 valence electrons. The highest BCUT2D eigenvalue weighted by atomic mass is 16.1. The Morgan fingerprint density at radius 1 is 1.32 bits per heavy atom. The fourth-order valence-corrected chi connectivity index (χ4v) is 3.63. The van der Waals surface area contributed by atoms with E-state index in [2.05, 4.69) is 31.1 Å². The fraction of sp³-hybridized carbons (Fsp3) is 0.389. The lowest BCUT2D eigenvalue weighted by Crippen LogP contribution is -2.23. The highest BCUT2D eigenvalue weighted by Gasteiger charge is 2.32. The van der Waals surface area contributed by atoms with E-state index < -0.39 is 0 Å². The normalized spacial score (nSPS) is 17.7. The van der Waals surface area contributed by atoms with Crippen molar-refractivity contribution in [3.05, 3.63) is 51.3 Å². The predicted molar refractivity (Wildman–Crippen MR) is 89.7 cm³/mol. The molecule has 3 aromatic rings. The van der Waals surface area contributed by atoms with Crippen molar-refractivity contribution in [3.63, 3.8) is 0 Å². The first-order chi connectivity index (χ1) is 10.6. The molecule has 0 saturated carbocycles. The molecule has 1 aromatic carbocycles. The standard InChI is InChI=1S/C18H21N3O/c1-4-11-15(10(2)3)16(13-9-19-13)17-20-12-7-5-6-8-14(12)21(17)18(11)22/h5-8,10,13,19-20H,4,9H2,1-3H3. The first kappa shape index (κ1) is 13.6. The van der Waals surface area contributed by atoms with Crippen LogP contribution in [0.4, 0.5) is 0 Å². The second-order valence-electron chi connectivity index (χ2n) is 6.41. The lowest BCUT2D eigenvalue weighted by Gasteiger charge is -2.17. The van der Waals surface area contributed by atoms with E-state index in [4.69, 9.17) is 0 Å². The van der Waals surface area contributed by atoms with Crippen molar-refractivity contribution in [1.82, 2.24) is 14.7 Å². The summed E-state index contributed by atoms with van der Waals surface area (Å²) in [5.74, 6) is 0.344. The van der Waals surface area contributed by atoms with Gasteiger partial charge in [-0.2, -0.15) is 0 Å². The molecule has 2 N–H and O–H groups in total. The minimum Gasteiger partial charge on any atom is -0.339 e. The van der Waals surface area contributed by atoms with Crippen molar-refractivity contribution in [3.8, 4) is 0 Å². The minimum atomic E-state index is 0.128.